The van der Waals surface area contributed by atoms with Crippen LogP contribution in [0.25, 0.3) is 11.0 Å². The summed E-state index contributed by atoms with van der Waals surface area (Å²) in [5.41, 5.74) is 11.6. The number of nitrogen functional groups attached to an aromatic ring is 1. The molecular weight excluding hydrogens is 242 g/mol. The van der Waals surface area contributed by atoms with Crippen molar-refractivity contribution in [3.05, 3.63) is 23.8 Å². The number of nitrogens with two attached hydrogens (primary N) is 2. The third-order valence-corrected chi connectivity index (χ3v) is 2.79. The molecule has 0 aliphatic rings. The van der Waals surface area contributed by atoms with Crippen molar-refractivity contribution in [2.45, 2.75) is 19.4 Å². The second kappa shape index (κ2) is 4.25. The fourth-order valence-corrected chi connectivity index (χ4v) is 1.80. The summed E-state index contributed by atoms with van der Waals surface area (Å²) in [4.78, 5) is 15.1. The van der Waals surface area contributed by atoms with Gasteiger partial charge in [-0.15, -0.1) is 0 Å². The van der Waals surface area contributed by atoms with E-state index in [2.05, 4.69) is 4.98 Å². The molecule has 2 aromatic rings. The zero-order valence-electron chi connectivity index (χ0n) is 9.60. The Bertz CT molecular complexity index is 608. The highest BCUT2D eigenvalue weighted by atomic mass is 19.3. The molecule has 0 spiro atoms. The minimum atomic E-state index is -2.57. The molecule has 1 heterocycles. The number of hydrogen-bond donors (Lipinski definition) is 2. The van der Waals surface area contributed by atoms with E-state index in [0.717, 1.165) is 0 Å². The van der Waals surface area contributed by atoms with Crippen molar-refractivity contribution >= 4 is 22.9 Å². The Balaban J connectivity index is 2.62. The summed E-state index contributed by atoms with van der Waals surface area (Å²) in [5.74, 6) is -0.498. The predicted molar refractivity (Wildman–Crippen MR) is 63.0 cm³/mol. The first-order valence-corrected chi connectivity index (χ1v) is 5.26. The maximum Gasteiger partial charge on any atom is 0.263 e. The number of carbonyl (C=O) groups excluding carboxylic acids is 1. The Morgan fingerprint density at radius 1 is 1.44 bits per heavy atom. The van der Waals surface area contributed by atoms with Crippen LogP contribution in [0.3, 0.4) is 0 Å². The summed E-state index contributed by atoms with van der Waals surface area (Å²) in [5, 5.41) is 0. The average Bonchev–Trinajstić information content (AvgIpc) is 2.62. The summed E-state index contributed by atoms with van der Waals surface area (Å²) in [7, 11) is 0. The minimum absolute atomic E-state index is 0.0720. The van der Waals surface area contributed by atoms with E-state index in [0.29, 0.717) is 11.0 Å². The maximum atomic E-state index is 12.5. The van der Waals surface area contributed by atoms with E-state index in [-0.39, 0.29) is 11.5 Å². The second-order valence-corrected chi connectivity index (χ2v) is 3.97. The molecule has 1 atom stereocenters. The fraction of sp³-hybridized carbons (Fsp3) is 0.273. The smallest absolute Gasteiger partial charge is 0.263 e. The standard InChI is InChI=1S/C11H12F2N4O/c1-5(10(14)18)17-8-3-2-6(9(12)13)4-7(8)16-11(17)15/h2-5,9H,1H3,(H2,14,18)(H2,15,16). The number of carbonyl (C=O) groups is 1. The number of hydrogen-bond acceptors (Lipinski definition) is 3. The number of halogens is 2. The summed E-state index contributed by atoms with van der Waals surface area (Å²) in [6, 6.07) is 3.30. The van der Waals surface area contributed by atoms with Gasteiger partial charge in [-0.25, -0.2) is 13.8 Å². The van der Waals surface area contributed by atoms with Crippen molar-refractivity contribution in [1.29, 1.82) is 0 Å². The number of amides is 1. The van der Waals surface area contributed by atoms with Gasteiger partial charge in [0.2, 0.25) is 11.9 Å². The number of anilines is 1. The SMILES string of the molecule is CC(C(N)=O)n1c(N)nc2cc(C(F)F)ccc21. The van der Waals surface area contributed by atoms with Gasteiger partial charge in [0.05, 0.1) is 11.0 Å². The summed E-state index contributed by atoms with van der Waals surface area (Å²) < 4.78 is 26.5. The van der Waals surface area contributed by atoms with Crippen LogP contribution >= 0.6 is 0 Å². The average molecular weight is 254 g/mol. The molecule has 1 aromatic heterocycles. The maximum absolute atomic E-state index is 12.5. The molecule has 1 unspecified atom stereocenters. The van der Waals surface area contributed by atoms with Gasteiger partial charge in [0.1, 0.15) is 6.04 Å². The Labute approximate surface area is 101 Å². The molecule has 0 saturated heterocycles. The van der Waals surface area contributed by atoms with Gasteiger partial charge in [0.25, 0.3) is 6.43 Å². The molecule has 0 fully saturated rings. The van der Waals surface area contributed by atoms with Gasteiger partial charge in [0.15, 0.2) is 0 Å². The fourth-order valence-electron chi connectivity index (χ4n) is 1.80. The van der Waals surface area contributed by atoms with Crippen molar-refractivity contribution in [1.82, 2.24) is 9.55 Å². The lowest BCUT2D eigenvalue weighted by molar-refractivity contribution is -0.120. The predicted octanol–water partition coefficient (Wildman–Crippen LogP) is 1.60. The lowest BCUT2D eigenvalue weighted by Crippen LogP contribution is -2.24. The number of imidazole rings is 1. The van der Waals surface area contributed by atoms with E-state index in [4.69, 9.17) is 11.5 Å². The molecule has 1 amide bonds. The van der Waals surface area contributed by atoms with Gasteiger partial charge < -0.3 is 11.5 Å². The van der Waals surface area contributed by atoms with Crippen molar-refractivity contribution in [2.24, 2.45) is 5.73 Å². The van der Waals surface area contributed by atoms with E-state index >= 15 is 0 Å². The van der Waals surface area contributed by atoms with E-state index in [9.17, 15) is 13.6 Å². The van der Waals surface area contributed by atoms with Gasteiger partial charge in [-0.3, -0.25) is 9.36 Å². The lowest BCUT2D eigenvalue weighted by atomic mass is 10.2. The molecule has 2 rings (SSSR count). The molecule has 0 bridgehead atoms. The van der Waals surface area contributed by atoms with Gasteiger partial charge in [-0.05, 0) is 19.1 Å². The monoisotopic (exact) mass is 254 g/mol. The molecular formula is C11H12F2N4O. The van der Waals surface area contributed by atoms with Crippen molar-refractivity contribution in [2.75, 3.05) is 5.73 Å². The Hall–Kier alpha value is -2.18. The third-order valence-electron chi connectivity index (χ3n) is 2.79. The van der Waals surface area contributed by atoms with Crippen LogP contribution in [0.5, 0.6) is 0 Å². The van der Waals surface area contributed by atoms with Crippen LogP contribution in [0.15, 0.2) is 18.2 Å². The van der Waals surface area contributed by atoms with Crippen LogP contribution in [0, 0.1) is 0 Å². The highest BCUT2D eigenvalue weighted by molar-refractivity contribution is 5.84. The van der Waals surface area contributed by atoms with Crippen molar-refractivity contribution in [3.8, 4) is 0 Å². The van der Waals surface area contributed by atoms with Gasteiger partial charge >= 0.3 is 0 Å². The number of benzene rings is 1. The van der Waals surface area contributed by atoms with E-state index in [1.54, 1.807) is 6.92 Å². The Morgan fingerprint density at radius 2 is 2.11 bits per heavy atom. The van der Waals surface area contributed by atoms with Gasteiger partial charge in [-0.2, -0.15) is 0 Å². The largest absolute Gasteiger partial charge is 0.369 e. The topological polar surface area (TPSA) is 86.9 Å². The normalized spacial score (nSPS) is 13.1. The summed E-state index contributed by atoms with van der Waals surface area (Å²) >= 11 is 0. The number of rotatable bonds is 3. The lowest BCUT2D eigenvalue weighted by Gasteiger charge is -2.12. The molecule has 5 nitrogen and oxygen atoms in total. The van der Waals surface area contributed by atoms with E-state index in [1.165, 1.54) is 22.8 Å². The molecule has 0 radical (unpaired) electrons. The Morgan fingerprint density at radius 3 is 2.67 bits per heavy atom. The molecule has 7 heteroatoms. The van der Waals surface area contributed by atoms with Crippen LogP contribution in [0.1, 0.15) is 25.0 Å². The molecule has 0 saturated carbocycles. The minimum Gasteiger partial charge on any atom is -0.369 e. The van der Waals surface area contributed by atoms with E-state index < -0.39 is 18.4 Å². The van der Waals surface area contributed by atoms with Crippen LogP contribution in [0.4, 0.5) is 14.7 Å². The Kier molecular flexibility index (Phi) is 2.90. The van der Waals surface area contributed by atoms with Crippen LogP contribution in [0.2, 0.25) is 0 Å². The van der Waals surface area contributed by atoms with Crippen LogP contribution < -0.4 is 11.5 Å². The first-order valence-electron chi connectivity index (χ1n) is 5.26. The summed E-state index contributed by atoms with van der Waals surface area (Å²) in [6.07, 6.45) is -2.57. The van der Waals surface area contributed by atoms with Crippen LogP contribution in [-0.4, -0.2) is 15.5 Å². The zero-order chi connectivity index (χ0) is 13.4. The molecule has 0 aliphatic heterocycles. The van der Waals surface area contributed by atoms with Gasteiger partial charge in [-0.1, -0.05) is 6.07 Å². The number of primary amides is 1. The van der Waals surface area contributed by atoms with Crippen LogP contribution in [-0.2, 0) is 4.79 Å². The number of fused-ring (bicyclic) bond motifs is 1. The molecule has 0 aliphatic carbocycles. The van der Waals surface area contributed by atoms with E-state index in [1.807, 2.05) is 0 Å². The zero-order valence-corrected chi connectivity index (χ0v) is 9.60. The van der Waals surface area contributed by atoms with Crippen molar-refractivity contribution in [3.63, 3.8) is 0 Å². The molecule has 96 valence electrons. The number of aromatic nitrogens is 2. The molecule has 1 aromatic carbocycles. The third kappa shape index (κ3) is 1.87. The first kappa shape index (κ1) is 12.3. The number of nitrogens with zero attached hydrogens (tertiary/aromatic N) is 2. The van der Waals surface area contributed by atoms with Gasteiger partial charge in [0, 0.05) is 5.56 Å². The first-order chi connectivity index (χ1) is 8.41. The highest BCUT2D eigenvalue weighted by Crippen LogP contribution is 2.27. The molecule has 18 heavy (non-hydrogen) atoms. The number of alkyl halides is 2. The summed E-state index contributed by atoms with van der Waals surface area (Å²) in [6.45, 7) is 1.57. The highest BCUT2D eigenvalue weighted by Gasteiger charge is 2.19. The van der Waals surface area contributed by atoms with Crippen molar-refractivity contribution < 1.29 is 13.6 Å². The molecule has 4 N–H and O–H groups in total. The quantitative estimate of drug-likeness (QED) is 0.872. The second-order valence-electron chi connectivity index (χ2n) is 3.97.